The first-order valence-electron chi connectivity index (χ1n) is 10.7. The summed E-state index contributed by atoms with van der Waals surface area (Å²) in [6.07, 6.45) is 2.33. The number of likely N-dealkylation sites (tertiary alicyclic amines) is 1. The second-order valence-corrected chi connectivity index (χ2v) is 8.35. The van der Waals surface area contributed by atoms with E-state index < -0.39 is 0 Å². The molecular formula is C23H27N5O3S. The number of amides is 1. The SMILES string of the molecule is COc1ccc(Cc2nn(CN3CCC[C@@H](C(=O)Nc4cccc(C)n4)C3)c(=S)o2)cc1. The summed E-state index contributed by atoms with van der Waals surface area (Å²) in [6, 6.07) is 13.4. The van der Waals surface area contributed by atoms with E-state index in [4.69, 9.17) is 21.4 Å². The summed E-state index contributed by atoms with van der Waals surface area (Å²) in [5, 5.41) is 7.49. The van der Waals surface area contributed by atoms with Gasteiger partial charge in [-0.1, -0.05) is 18.2 Å². The van der Waals surface area contributed by atoms with Crippen LogP contribution in [0.5, 0.6) is 5.75 Å². The van der Waals surface area contributed by atoms with Gasteiger partial charge in [-0.05, 0) is 68.4 Å². The highest BCUT2D eigenvalue weighted by Crippen LogP contribution is 2.20. The van der Waals surface area contributed by atoms with Gasteiger partial charge in [-0.3, -0.25) is 9.69 Å². The van der Waals surface area contributed by atoms with Gasteiger partial charge in [-0.25, -0.2) is 9.67 Å². The molecule has 1 amide bonds. The standard InChI is InChI=1S/C23H27N5O3S/c1-16-5-3-7-20(24-16)25-22(29)18-6-4-12-27(14-18)15-28-23(32)31-21(26-28)13-17-8-10-19(30-2)11-9-17/h3,5,7-11,18H,4,6,12-15H2,1-2H3,(H,24,25,29)/t18-/m1/s1. The number of piperidine rings is 1. The second-order valence-electron chi connectivity index (χ2n) is 8.00. The number of hydrogen-bond acceptors (Lipinski definition) is 7. The fourth-order valence-electron chi connectivity index (χ4n) is 3.86. The van der Waals surface area contributed by atoms with E-state index in [1.54, 1.807) is 11.8 Å². The molecule has 1 atom stereocenters. The zero-order chi connectivity index (χ0) is 22.5. The van der Waals surface area contributed by atoms with Crippen LogP contribution in [0.2, 0.25) is 0 Å². The molecule has 4 rings (SSSR count). The fraction of sp³-hybridized carbons (Fsp3) is 0.391. The molecule has 1 saturated heterocycles. The average molecular weight is 454 g/mol. The molecule has 0 spiro atoms. The third-order valence-corrected chi connectivity index (χ3v) is 5.81. The van der Waals surface area contributed by atoms with Crippen LogP contribution in [0.1, 0.15) is 30.0 Å². The maximum absolute atomic E-state index is 12.7. The topological polar surface area (TPSA) is 85.4 Å². The molecule has 9 heteroatoms. The molecule has 168 valence electrons. The van der Waals surface area contributed by atoms with Crippen molar-refractivity contribution in [2.24, 2.45) is 5.92 Å². The Hall–Kier alpha value is -3.04. The van der Waals surface area contributed by atoms with Gasteiger partial charge in [0, 0.05) is 12.2 Å². The summed E-state index contributed by atoms with van der Waals surface area (Å²) in [6.45, 7) is 3.93. The number of nitrogens with zero attached hydrogens (tertiary/aromatic N) is 4. The maximum atomic E-state index is 12.7. The third-order valence-electron chi connectivity index (χ3n) is 5.51. The van der Waals surface area contributed by atoms with Gasteiger partial charge in [-0.2, -0.15) is 0 Å². The number of carbonyl (C=O) groups is 1. The molecule has 0 unspecified atom stereocenters. The first-order chi connectivity index (χ1) is 15.5. The number of rotatable bonds is 7. The Labute approximate surface area is 192 Å². The van der Waals surface area contributed by atoms with Crippen molar-refractivity contribution >= 4 is 23.9 Å². The van der Waals surface area contributed by atoms with E-state index >= 15 is 0 Å². The Morgan fingerprint density at radius 2 is 2.09 bits per heavy atom. The molecule has 32 heavy (non-hydrogen) atoms. The highest BCUT2D eigenvalue weighted by molar-refractivity contribution is 7.71. The predicted octanol–water partition coefficient (Wildman–Crippen LogP) is 3.82. The quantitative estimate of drug-likeness (QED) is 0.545. The van der Waals surface area contributed by atoms with Gasteiger partial charge in [0.05, 0.1) is 26.1 Å². The molecule has 1 aliphatic rings. The van der Waals surface area contributed by atoms with Crippen LogP contribution in [0, 0.1) is 17.7 Å². The normalized spacial score (nSPS) is 16.6. The minimum atomic E-state index is -0.106. The smallest absolute Gasteiger partial charge is 0.288 e. The summed E-state index contributed by atoms with van der Waals surface area (Å²) in [5.41, 5.74) is 1.94. The van der Waals surface area contributed by atoms with Gasteiger partial charge in [0.1, 0.15) is 11.6 Å². The molecule has 2 aromatic heterocycles. The van der Waals surface area contributed by atoms with E-state index in [-0.39, 0.29) is 11.8 Å². The zero-order valence-corrected chi connectivity index (χ0v) is 19.1. The van der Waals surface area contributed by atoms with Gasteiger partial charge in [0.15, 0.2) is 0 Å². The number of carbonyl (C=O) groups excluding carboxylic acids is 1. The van der Waals surface area contributed by atoms with Crippen molar-refractivity contribution in [3.63, 3.8) is 0 Å². The first kappa shape index (κ1) is 22.2. The maximum Gasteiger partial charge on any atom is 0.288 e. The molecular weight excluding hydrogens is 426 g/mol. The van der Waals surface area contributed by atoms with Crippen molar-refractivity contribution in [1.82, 2.24) is 19.7 Å². The molecule has 0 bridgehead atoms. The molecule has 0 aliphatic carbocycles. The monoisotopic (exact) mass is 453 g/mol. The molecule has 1 fully saturated rings. The van der Waals surface area contributed by atoms with E-state index in [0.29, 0.717) is 36.2 Å². The number of aryl methyl sites for hydroxylation is 1. The molecule has 0 radical (unpaired) electrons. The Morgan fingerprint density at radius 1 is 1.28 bits per heavy atom. The highest BCUT2D eigenvalue weighted by Gasteiger charge is 2.26. The number of methoxy groups -OCH3 is 1. The van der Waals surface area contributed by atoms with Crippen LogP contribution < -0.4 is 10.1 Å². The van der Waals surface area contributed by atoms with Crippen LogP contribution in [0.25, 0.3) is 0 Å². The van der Waals surface area contributed by atoms with Crippen molar-refractivity contribution in [2.75, 3.05) is 25.5 Å². The van der Waals surface area contributed by atoms with Crippen molar-refractivity contribution in [1.29, 1.82) is 0 Å². The van der Waals surface area contributed by atoms with Crippen molar-refractivity contribution in [3.05, 3.63) is 64.5 Å². The van der Waals surface area contributed by atoms with Crippen LogP contribution in [-0.4, -0.2) is 45.8 Å². The van der Waals surface area contributed by atoms with E-state index in [1.807, 2.05) is 49.4 Å². The summed E-state index contributed by atoms with van der Waals surface area (Å²) < 4.78 is 12.6. The Balaban J connectivity index is 1.36. The van der Waals surface area contributed by atoms with Crippen LogP contribution in [0.15, 0.2) is 46.9 Å². The van der Waals surface area contributed by atoms with E-state index in [2.05, 4.69) is 20.3 Å². The van der Waals surface area contributed by atoms with Gasteiger partial charge < -0.3 is 14.5 Å². The van der Waals surface area contributed by atoms with Crippen LogP contribution >= 0.6 is 12.2 Å². The van der Waals surface area contributed by atoms with Crippen molar-refractivity contribution in [3.8, 4) is 5.75 Å². The van der Waals surface area contributed by atoms with Gasteiger partial charge in [-0.15, -0.1) is 5.10 Å². The lowest BCUT2D eigenvalue weighted by Crippen LogP contribution is -2.41. The Morgan fingerprint density at radius 3 is 2.84 bits per heavy atom. The third kappa shape index (κ3) is 5.60. The molecule has 0 saturated carbocycles. The molecule has 1 N–H and O–H groups in total. The molecule has 1 aromatic carbocycles. The first-order valence-corrected chi connectivity index (χ1v) is 11.1. The van der Waals surface area contributed by atoms with Crippen molar-refractivity contribution in [2.45, 2.75) is 32.9 Å². The van der Waals surface area contributed by atoms with E-state index in [9.17, 15) is 4.79 Å². The zero-order valence-electron chi connectivity index (χ0n) is 18.3. The fourth-order valence-corrected chi connectivity index (χ4v) is 4.05. The molecule has 1 aliphatic heterocycles. The lowest BCUT2D eigenvalue weighted by molar-refractivity contribution is -0.121. The number of hydrogen-bond donors (Lipinski definition) is 1. The van der Waals surface area contributed by atoms with Gasteiger partial charge in [0.25, 0.3) is 4.84 Å². The van der Waals surface area contributed by atoms with E-state index in [0.717, 1.165) is 36.4 Å². The number of anilines is 1. The molecule has 3 heterocycles. The van der Waals surface area contributed by atoms with Crippen molar-refractivity contribution < 1.29 is 13.9 Å². The Kier molecular flexibility index (Phi) is 6.96. The average Bonchev–Trinajstić information content (AvgIpc) is 3.13. The Bertz CT molecular complexity index is 1130. The number of benzene rings is 1. The van der Waals surface area contributed by atoms with Gasteiger partial charge in [0.2, 0.25) is 11.8 Å². The number of nitrogens with one attached hydrogen (secondary N) is 1. The lowest BCUT2D eigenvalue weighted by atomic mass is 9.97. The largest absolute Gasteiger partial charge is 0.497 e. The lowest BCUT2D eigenvalue weighted by Gasteiger charge is -2.31. The predicted molar refractivity (Wildman–Crippen MR) is 123 cm³/mol. The van der Waals surface area contributed by atoms with Crippen LogP contribution in [0.4, 0.5) is 5.82 Å². The van der Waals surface area contributed by atoms with Crippen LogP contribution in [-0.2, 0) is 17.9 Å². The molecule has 8 nitrogen and oxygen atoms in total. The number of aromatic nitrogens is 3. The summed E-state index contributed by atoms with van der Waals surface area (Å²) in [5.74, 6) is 1.86. The summed E-state index contributed by atoms with van der Waals surface area (Å²) >= 11 is 5.38. The minimum Gasteiger partial charge on any atom is -0.497 e. The molecule has 3 aromatic rings. The van der Waals surface area contributed by atoms with E-state index in [1.165, 1.54) is 0 Å². The van der Waals surface area contributed by atoms with Gasteiger partial charge >= 0.3 is 0 Å². The minimum absolute atomic E-state index is 0.00301. The van der Waals surface area contributed by atoms with Crippen LogP contribution in [0.3, 0.4) is 0 Å². The summed E-state index contributed by atoms with van der Waals surface area (Å²) in [7, 11) is 1.64. The second kappa shape index (κ2) is 10.1. The number of pyridine rings is 1. The summed E-state index contributed by atoms with van der Waals surface area (Å²) in [4.78, 5) is 19.6. The highest BCUT2D eigenvalue weighted by atomic mass is 32.1. The number of ether oxygens (including phenoxy) is 1.